The highest BCUT2D eigenvalue weighted by molar-refractivity contribution is 7.92. The number of carbonyl (C=O) groups is 2. The van der Waals surface area contributed by atoms with E-state index in [1.165, 1.54) is 60.5 Å². The molecular formula is C27H28Cl3N3O5S. The van der Waals surface area contributed by atoms with Crippen LogP contribution in [-0.2, 0) is 26.2 Å². The summed E-state index contributed by atoms with van der Waals surface area (Å²) in [5.74, 6) is -0.580. The maximum absolute atomic E-state index is 13.9. The lowest BCUT2D eigenvalue weighted by Crippen LogP contribution is -2.51. The van der Waals surface area contributed by atoms with Gasteiger partial charge < -0.3 is 15.0 Å². The molecule has 1 N–H and O–H groups in total. The fourth-order valence-corrected chi connectivity index (χ4v) is 5.83. The number of nitrogens with one attached hydrogen (secondary N) is 1. The second-order valence-electron chi connectivity index (χ2n) is 8.46. The van der Waals surface area contributed by atoms with Crippen LogP contribution < -0.4 is 14.4 Å². The first-order valence-electron chi connectivity index (χ1n) is 11.9. The molecule has 12 heteroatoms. The largest absolute Gasteiger partial charge is 0.497 e. The Morgan fingerprint density at radius 2 is 1.54 bits per heavy atom. The molecule has 1 unspecified atom stereocenters. The molecule has 208 valence electrons. The van der Waals surface area contributed by atoms with Crippen LogP contribution in [0.4, 0.5) is 5.69 Å². The van der Waals surface area contributed by atoms with Gasteiger partial charge in [-0.3, -0.25) is 13.9 Å². The van der Waals surface area contributed by atoms with Crippen molar-refractivity contribution < 1.29 is 22.7 Å². The monoisotopic (exact) mass is 611 g/mol. The Labute approximate surface area is 243 Å². The van der Waals surface area contributed by atoms with Crippen LogP contribution in [0.1, 0.15) is 19.4 Å². The van der Waals surface area contributed by atoms with E-state index in [2.05, 4.69) is 5.32 Å². The van der Waals surface area contributed by atoms with Crippen LogP contribution >= 0.6 is 34.8 Å². The molecule has 0 heterocycles. The first-order valence-corrected chi connectivity index (χ1v) is 14.5. The lowest BCUT2D eigenvalue weighted by atomic mass is 10.1. The number of hydrogen-bond acceptors (Lipinski definition) is 5. The number of benzene rings is 3. The van der Waals surface area contributed by atoms with E-state index < -0.39 is 34.4 Å². The fraction of sp³-hybridized carbons (Fsp3) is 0.259. The normalized spacial score (nSPS) is 11.9. The van der Waals surface area contributed by atoms with Gasteiger partial charge >= 0.3 is 0 Å². The van der Waals surface area contributed by atoms with Gasteiger partial charge in [-0.1, -0.05) is 40.9 Å². The molecule has 3 rings (SSSR count). The molecule has 8 nitrogen and oxygen atoms in total. The quantitative estimate of drug-likeness (QED) is 0.313. The van der Waals surface area contributed by atoms with Crippen LogP contribution in [0.25, 0.3) is 0 Å². The van der Waals surface area contributed by atoms with Crippen molar-refractivity contribution in [3.8, 4) is 5.75 Å². The third-order valence-electron chi connectivity index (χ3n) is 5.95. The third kappa shape index (κ3) is 7.36. The Morgan fingerprint density at radius 1 is 0.949 bits per heavy atom. The fourth-order valence-electron chi connectivity index (χ4n) is 3.77. The lowest BCUT2D eigenvalue weighted by molar-refractivity contribution is -0.139. The Hall–Kier alpha value is -2.98. The molecule has 0 saturated carbocycles. The van der Waals surface area contributed by atoms with E-state index >= 15 is 0 Å². The minimum Gasteiger partial charge on any atom is -0.497 e. The van der Waals surface area contributed by atoms with E-state index in [9.17, 15) is 18.0 Å². The van der Waals surface area contributed by atoms with Crippen LogP contribution in [0.15, 0.2) is 71.6 Å². The van der Waals surface area contributed by atoms with Crippen molar-refractivity contribution in [2.75, 3.05) is 24.5 Å². The summed E-state index contributed by atoms with van der Waals surface area (Å²) < 4.78 is 33.7. The molecule has 0 aliphatic carbocycles. The molecule has 2 amide bonds. The predicted octanol–water partition coefficient (Wildman–Crippen LogP) is 5.40. The van der Waals surface area contributed by atoms with Crippen LogP contribution in [0.2, 0.25) is 15.1 Å². The number of sulfonamides is 1. The standard InChI is InChI=1S/C27H28Cl3N3O5S/c1-4-31-27(35)18(2)32(16-23-24(29)6-5-7-25(23)30)26(34)17-33(20-10-8-19(28)9-11-20)39(36,37)22-14-12-21(38-3)13-15-22/h5-15,18H,4,16-17H2,1-3H3,(H,31,35). The van der Waals surface area contributed by atoms with Gasteiger partial charge in [-0.2, -0.15) is 0 Å². The van der Waals surface area contributed by atoms with E-state index in [0.717, 1.165) is 4.31 Å². The van der Waals surface area contributed by atoms with Gasteiger partial charge in [0.1, 0.15) is 18.3 Å². The van der Waals surface area contributed by atoms with E-state index in [1.807, 2.05) is 0 Å². The smallest absolute Gasteiger partial charge is 0.264 e. The number of ether oxygens (including phenoxy) is 1. The van der Waals surface area contributed by atoms with Crippen molar-refractivity contribution in [2.45, 2.75) is 31.3 Å². The summed E-state index contributed by atoms with van der Waals surface area (Å²) in [5.41, 5.74) is 0.645. The number of rotatable bonds is 11. The SMILES string of the molecule is CCNC(=O)C(C)N(Cc1c(Cl)cccc1Cl)C(=O)CN(c1ccc(Cl)cc1)S(=O)(=O)c1ccc(OC)cc1. The Bertz CT molecular complexity index is 1400. The van der Waals surface area contributed by atoms with Gasteiger partial charge in [-0.25, -0.2) is 8.42 Å². The summed E-state index contributed by atoms with van der Waals surface area (Å²) in [6, 6.07) is 15.8. The number of nitrogens with zero attached hydrogens (tertiary/aromatic N) is 2. The van der Waals surface area contributed by atoms with Gasteiger partial charge in [0.25, 0.3) is 10.0 Å². The molecule has 0 aliphatic rings. The maximum atomic E-state index is 13.9. The first-order chi connectivity index (χ1) is 18.5. The number of likely N-dealkylation sites (N-methyl/N-ethyl adjacent to an activating group) is 1. The highest BCUT2D eigenvalue weighted by Gasteiger charge is 2.33. The van der Waals surface area contributed by atoms with E-state index in [0.29, 0.717) is 32.9 Å². The highest BCUT2D eigenvalue weighted by Crippen LogP contribution is 2.29. The number of anilines is 1. The molecule has 0 spiro atoms. The van der Waals surface area contributed by atoms with E-state index in [-0.39, 0.29) is 17.1 Å². The third-order valence-corrected chi connectivity index (χ3v) is 8.70. The average Bonchev–Trinajstić information content (AvgIpc) is 2.92. The van der Waals surface area contributed by atoms with Crippen LogP contribution in [0, 0.1) is 0 Å². The lowest BCUT2D eigenvalue weighted by Gasteiger charge is -2.32. The van der Waals surface area contributed by atoms with Gasteiger partial charge in [-0.05, 0) is 74.5 Å². The zero-order valence-electron chi connectivity index (χ0n) is 21.5. The molecule has 1 atom stereocenters. The van der Waals surface area contributed by atoms with Gasteiger partial charge in [-0.15, -0.1) is 0 Å². The summed E-state index contributed by atoms with van der Waals surface area (Å²) >= 11 is 18.8. The van der Waals surface area contributed by atoms with Gasteiger partial charge in [0.2, 0.25) is 11.8 Å². The molecule has 3 aromatic carbocycles. The maximum Gasteiger partial charge on any atom is 0.264 e. The molecule has 0 fully saturated rings. The molecular weight excluding hydrogens is 585 g/mol. The average molecular weight is 613 g/mol. The number of methoxy groups -OCH3 is 1. The summed E-state index contributed by atoms with van der Waals surface area (Å²) in [4.78, 5) is 27.9. The number of amides is 2. The molecule has 0 saturated heterocycles. The molecule has 0 radical (unpaired) electrons. The van der Waals surface area contributed by atoms with Crippen molar-refractivity contribution in [3.63, 3.8) is 0 Å². The topological polar surface area (TPSA) is 96.0 Å². The summed E-state index contributed by atoms with van der Waals surface area (Å²) in [5, 5.41) is 3.71. The van der Waals surface area contributed by atoms with Crippen molar-refractivity contribution in [2.24, 2.45) is 0 Å². The van der Waals surface area contributed by atoms with Gasteiger partial charge in [0.15, 0.2) is 0 Å². The molecule has 0 bridgehead atoms. The Morgan fingerprint density at radius 3 is 2.08 bits per heavy atom. The number of hydrogen-bond donors (Lipinski definition) is 1. The van der Waals surface area contributed by atoms with E-state index in [4.69, 9.17) is 39.5 Å². The number of carbonyl (C=O) groups excluding carboxylic acids is 2. The minimum absolute atomic E-state index is 0.0523. The van der Waals surface area contributed by atoms with Gasteiger partial charge in [0, 0.05) is 33.7 Å². The van der Waals surface area contributed by atoms with Crippen molar-refractivity contribution in [1.82, 2.24) is 10.2 Å². The summed E-state index contributed by atoms with van der Waals surface area (Å²) in [7, 11) is -2.76. The van der Waals surface area contributed by atoms with Crippen molar-refractivity contribution in [1.29, 1.82) is 0 Å². The first kappa shape index (κ1) is 30.6. The van der Waals surface area contributed by atoms with Crippen LogP contribution in [0.5, 0.6) is 5.75 Å². The van der Waals surface area contributed by atoms with Gasteiger partial charge in [0.05, 0.1) is 17.7 Å². The molecule has 0 aliphatic heterocycles. The second-order valence-corrected chi connectivity index (χ2v) is 11.6. The minimum atomic E-state index is -4.23. The molecule has 0 aromatic heterocycles. The Balaban J connectivity index is 2.06. The highest BCUT2D eigenvalue weighted by atomic mass is 35.5. The predicted molar refractivity (Wildman–Crippen MR) is 154 cm³/mol. The van der Waals surface area contributed by atoms with E-state index in [1.54, 1.807) is 32.0 Å². The Kier molecular flexibility index (Phi) is 10.5. The summed E-state index contributed by atoms with van der Waals surface area (Å²) in [6.45, 7) is 2.93. The molecule has 3 aromatic rings. The summed E-state index contributed by atoms with van der Waals surface area (Å²) in [6.07, 6.45) is 0. The second kappa shape index (κ2) is 13.4. The molecule has 39 heavy (non-hydrogen) atoms. The van der Waals surface area contributed by atoms with Crippen LogP contribution in [-0.4, -0.2) is 51.4 Å². The van der Waals surface area contributed by atoms with Crippen molar-refractivity contribution in [3.05, 3.63) is 87.4 Å². The zero-order chi connectivity index (χ0) is 28.7. The number of halogens is 3. The zero-order valence-corrected chi connectivity index (χ0v) is 24.6. The van der Waals surface area contributed by atoms with Crippen LogP contribution in [0.3, 0.4) is 0 Å². The van der Waals surface area contributed by atoms with Crippen molar-refractivity contribution >= 4 is 62.3 Å².